The Balaban J connectivity index is 1.90. The van der Waals surface area contributed by atoms with Gasteiger partial charge < -0.3 is 4.74 Å². The number of rotatable bonds is 6. The molecule has 0 bridgehead atoms. The molecule has 2 aromatic carbocycles. The van der Waals surface area contributed by atoms with Crippen molar-refractivity contribution in [3.05, 3.63) is 74.8 Å². The van der Waals surface area contributed by atoms with Gasteiger partial charge >= 0.3 is 5.97 Å². The van der Waals surface area contributed by atoms with E-state index in [9.17, 15) is 19.7 Å². The van der Waals surface area contributed by atoms with E-state index >= 15 is 0 Å². The number of Topliss-reactive ketones (excluding diaryl/α,β-unsaturated/α-hetero) is 1. The minimum Gasteiger partial charge on any atom is -0.457 e. The van der Waals surface area contributed by atoms with Crippen LogP contribution in [0.25, 0.3) is 0 Å². The molecule has 7 heteroatoms. The molecular weight excluding hydrogens is 322 g/mol. The third-order valence-electron chi connectivity index (χ3n) is 3.06. The summed E-state index contributed by atoms with van der Waals surface area (Å²) >= 11 is 5.94. The van der Waals surface area contributed by atoms with Crippen molar-refractivity contribution >= 4 is 29.0 Å². The highest BCUT2D eigenvalue weighted by Gasteiger charge is 2.13. The summed E-state index contributed by atoms with van der Waals surface area (Å²) in [6.07, 6.45) is -0.0345. The average molecular weight is 334 g/mol. The second kappa shape index (κ2) is 7.51. The maximum absolute atomic E-state index is 11.9. The molecular formula is C16H12ClNO5. The SMILES string of the molecule is O=C(Cc1ccccc1Cl)OCC(=O)c1ccc([N+](=O)[O-])cc1. The van der Waals surface area contributed by atoms with Crippen LogP contribution in [0.5, 0.6) is 0 Å². The number of carbonyl (C=O) groups excluding carboxylic acids is 2. The van der Waals surface area contributed by atoms with Crippen LogP contribution in [0, 0.1) is 10.1 Å². The van der Waals surface area contributed by atoms with Crippen LogP contribution in [0.4, 0.5) is 5.69 Å². The van der Waals surface area contributed by atoms with Crippen molar-refractivity contribution in [1.29, 1.82) is 0 Å². The molecule has 0 N–H and O–H groups in total. The normalized spacial score (nSPS) is 10.1. The first kappa shape index (κ1) is 16.6. The number of benzene rings is 2. The van der Waals surface area contributed by atoms with E-state index in [0.717, 1.165) is 0 Å². The monoisotopic (exact) mass is 333 g/mol. The van der Waals surface area contributed by atoms with E-state index < -0.39 is 23.3 Å². The zero-order chi connectivity index (χ0) is 16.8. The Bertz CT molecular complexity index is 742. The van der Waals surface area contributed by atoms with Crippen LogP contribution >= 0.6 is 11.6 Å². The number of non-ortho nitro benzene ring substituents is 1. The first-order chi connectivity index (χ1) is 11.0. The maximum Gasteiger partial charge on any atom is 0.310 e. The highest BCUT2D eigenvalue weighted by molar-refractivity contribution is 6.31. The van der Waals surface area contributed by atoms with E-state index in [2.05, 4.69) is 0 Å². The number of ketones is 1. The Morgan fingerprint density at radius 1 is 1.09 bits per heavy atom. The summed E-state index contributed by atoms with van der Waals surface area (Å²) in [5.41, 5.74) is 0.736. The lowest BCUT2D eigenvalue weighted by molar-refractivity contribution is -0.384. The molecule has 0 aliphatic rings. The van der Waals surface area contributed by atoms with E-state index in [1.54, 1.807) is 24.3 Å². The largest absolute Gasteiger partial charge is 0.457 e. The van der Waals surface area contributed by atoms with Gasteiger partial charge in [-0.05, 0) is 23.8 Å². The molecule has 0 fully saturated rings. The molecule has 0 radical (unpaired) electrons. The van der Waals surface area contributed by atoms with E-state index in [1.807, 2.05) is 0 Å². The zero-order valence-corrected chi connectivity index (χ0v) is 12.7. The second-order valence-corrected chi connectivity index (χ2v) is 5.06. The van der Waals surface area contributed by atoms with Gasteiger partial charge in [-0.1, -0.05) is 29.8 Å². The quantitative estimate of drug-likeness (QED) is 0.350. The molecule has 0 aliphatic carbocycles. The lowest BCUT2D eigenvalue weighted by atomic mass is 10.1. The molecule has 0 atom stereocenters. The fourth-order valence-corrected chi connectivity index (χ4v) is 2.05. The van der Waals surface area contributed by atoms with Crippen molar-refractivity contribution in [3.63, 3.8) is 0 Å². The highest BCUT2D eigenvalue weighted by Crippen LogP contribution is 2.16. The number of carbonyl (C=O) groups is 2. The zero-order valence-electron chi connectivity index (χ0n) is 11.9. The number of hydrogen-bond donors (Lipinski definition) is 0. The number of ether oxygens (including phenoxy) is 1. The molecule has 2 rings (SSSR count). The number of nitro benzene ring substituents is 1. The fourth-order valence-electron chi connectivity index (χ4n) is 1.85. The summed E-state index contributed by atoms with van der Waals surface area (Å²) in [6.45, 7) is -0.429. The smallest absolute Gasteiger partial charge is 0.310 e. The predicted molar refractivity (Wildman–Crippen MR) is 83.5 cm³/mol. The second-order valence-electron chi connectivity index (χ2n) is 4.66. The molecule has 23 heavy (non-hydrogen) atoms. The molecule has 0 aromatic heterocycles. The molecule has 118 valence electrons. The van der Waals surface area contributed by atoms with Crippen LogP contribution in [0.15, 0.2) is 48.5 Å². The van der Waals surface area contributed by atoms with Crippen molar-refractivity contribution in [3.8, 4) is 0 Å². The number of hydrogen-bond acceptors (Lipinski definition) is 5. The van der Waals surface area contributed by atoms with Crippen LogP contribution in [0.3, 0.4) is 0 Å². The summed E-state index contributed by atoms with van der Waals surface area (Å²) in [6, 6.07) is 11.9. The van der Waals surface area contributed by atoms with Gasteiger partial charge in [-0.3, -0.25) is 19.7 Å². The van der Waals surface area contributed by atoms with E-state index in [-0.39, 0.29) is 17.7 Å². The number of nitrogens with zero attached hydrogens (tertiary/aromatic N) is 1. The van der Waals surface area contributed by atoms with Gasteiger partial charge in [0, 0.05) is 22.7 Å². The standard InChI is InChI=1S/C16H12ClNO5/c17-14-4-2-1-3-12(14)9-16(20)23-10-15(19)11-5-7-13(8-6-11)18(21)22/h1-8H,9-10H2. The Kier molecular flexibility index (Phi) is 5.43. The fraction of sp³-hybridized carbons (Fsp3) is 0.125. The van der Waals surface area contributed by atoms with Gasteiger partial charge in [0.25, 0.3) is 5.69 Å². The van der Waals surface area contributed by atoms with Crippen molar-refractivity contribution < 1.29 is 19.2 Å². The molecule has 0 spiro atoms. The van der Waals surface area contributed by atoms with Crippen LogP contribution < -0.4 is 0 Å². The third kappa shape index (κ3) is 4.62. The Labute approximate surface area is 136 Å². The van der Waals surface area contributed by atoms with Gasteiger partial charge in [-0.2, -0.15) is 0 Å². The summed E-state index contributed by atoms with van der Waals surface area (Å²) in [5.74, 6) is -1.01. The first-order valence-corrected chi connectivity index (χ1v) is 7.02. The number of nitro groups is 1. The van der Waals surface area contributed by atoms with E-state index in [0.29, 0.717) is 10.6 Å². The lowest BCUT2D eigenvalue weighted by Gasteiger charge is -2.06. The molecule has 2 aromatic rings. The summed E-state index contributed by atoms with van der Waals surface area (Å²) in [7, 11) is 0. The Morgan fingerprint density at radius 2 is 1.74 bits per heavy atom. The molecule has 6 nitrogen and oxygen atoms in total. The highest BCUT2D eigenvalue weighted by atomic mass is 35.5. The molecule has 0 saturated heterocycles. The van der Waals surface area contributed by atoms with Crippen LogP contribution in [0.1, 0.15) is 15.9 Å². The van der Waals surface area contributed by atoms with Crippen LogP contribution in [0.2, 0.25) is 5.02 Å². The number of esters is 1. The maximum atomic E-state index is 11.9. The van der Waals surface area contributed by atoms with E-state index in [1.165, 1.54) is 24.3 Å². The van der Waals surface area contributed by atoms with Crippen molar-refractivity contribution in [2.45, 2.75) is 6.42 Å². The van der Waals surface area contributed by atoms with Gasteiger partial charge in [0.15, 0.2) is 12.4 Å². The summed E-state index contributed by atoms with van der Waals surface area (Å²) in [4.78, 5) is 33.6. The Hall–Kier alpha value is -2.73. The molecule has 0 aliphatic heterocycles. The van der Waals surface area contributed by atoms with Crippen LogP contribution in [-0.4, -0.2) is 23.3 Å². The van der Waals surface area contributed by atoms with Crippen molar-refractivity contribution in [1.82, 2.24) is 0 Å². The van der Waals surface area contributed by atoms with Gasteiger partial charge in [0.05, 0.1) is 11.3 Å². The van der Waals surface area contributed by atoms with Crippen LogP contribution in [-0.2, 0) is 16.0 Å². The lowest BCUT2D eigenvalue weighted by Crippen LogP contribution is -2.15. The minimum absolute atomic E-state index is 0.0345. The summed E-state index contributed by atoms with van der Waals surface area (Å²) < 4.78 is 4.91. The van der Waals surface area contributed by atoms with Gasteiger partial charge in [-0.25, -0.2) is 0 Å². The number of halogens is 1. The van der Waals surface area contributed by atoms with Crippen molar-refractivity contribution in [2.75, 3.05) is 6.61 Å². The minimum atomic E-state index is -0.576. The molecule has 0 heterocycles. The topological polar surface area (TPSA) is 86.5 Å². The predicted octanol–water partition coefficient (Wildman–Crippen LogP) is 3.22. The van der Waals surface area contributed by atoms with Crippen molar-refractivity contribution in [2.24, 2.45) is 0 Å². The van der Waals surface area contributed by atoms with Gasteiger partial charge in [0.1, 0.15) is 0 Å². The molecule has 0 saturated carbocycles. The average Bonchev–Trinajstić information content (AvgIpc) is 2.55. The molecule has 0 unspecified atom stereocenters. The van der Waals surface area contributed by atoms with Gasteiger partial charge in [-0.15, -0.1) is 0 Å². The van der Waals surface area contributed by atoms with E-state index in [4.69, 9.17) is 16.3 Å². The Morgan fingerprint density at radius 3 is 2.35 bits per heavy atom. The first-order valence-electron chi connectivity index (χ1n) is 6.64. The summed E-state index contributed by atoms with van der Waals surface area (Å²) in [5, 5.41) is 11.0. The van der Waals surface area contributed by atoms with Gasteiger partial charge in [0.2, 0.25) is 0 Å². The third-order valence-corrected chi connectivity index (χ3v) is 3.43. The molecule has 0 amide bonds.